The molecule has 0 aliphatic rings. The van der Waals surface area contributed by atoms with E-state index >= 15 is 0 Å². The molecule has 19 heavy (non-hydrogen) atoms. The Balaban J connectivity index is 2.43. The lowest BCUT2D eigenvalue weighted by atomic mass is 9.97. The number of fused-ring (bicyclic) bond motifs is 1. The van der Waals surface area contributed by atoms with Gasteiger partial charge in [0.05, 0.1) is 0 Å². The second-order valence-corrected chi connectivity index (χ2v) is 5.50. The van der Waals surface area contributed by atoms with E-state index in [1.165, 1.54) is 21.9 Å². The Hall–Kier alpha value is -1.67. The molecule has 0 heterocycles. The Morgan fingerprint density at radius 1 is 1.11 bits per heavy atom. The lowest BCUT2D eigenvalue weighted by Gasteiger charge is -2.24. The number of carbonyl (C=O) groups is 1. The summed E-state index contributed by atoms with van der Waals surface area (Å²) in [5.41, 5.74) is 2.48. The van der Waals surface area contributed by atoms with Crippen LogP contribution >= 0.6 is 0 Å². The molecule has 2 heteroatoms. The van der Waals surface area contributed by atoms with E-state index in [4.69, 9.17) is 0 Å². The van der Waals surface area contributed by atoms with Crippen molar-refractivity contribution in [1.82, 2.24) is 4.90 Å². The topological polar surface area (TPSA) is 20.3 Å². The van der Waals surface area contributed by atoms with Crippen molar-refractivity contribution in [3.63, 3.8) is 0 Å². The average Bonchev–Trinajstić information content (AvgIpc) is 2.35. The zero-order chi connectivity index (χ0) is 14.0. The summed E-state index contributed by atoms with van der Waals surface area (Å²) in [5.74, 6) is 0.225. The molecule has 0 amide bonds. The molecule has 0 N–H and O–H groups in total. The van der Waals surface area contributed by atoms with Crippen LogP contribution in [0.1, 0.15) is 30.5 Å². The van der Waals surface area contributed by atoms with Gasteiger partial charge < -0.3 is 4.90 Å². The molecule has 0 aliphatic heterocycles. The van der Waals surface area contributed by atoms with Gasteiger partial charge in [-0.1, -0.05) is 35.9 Å². The van der Waals surface area contributed by atoms with Crippen LogP contribution in [0.25, 0.3) is 10.8 Å². The van der Waals surface area contributed by atoms with E-state index in [9.17, 15) is 4.79 Å². The second kappa shape index (κ2) is 5.54. The second-order valence-electron chi connectivity index (χ2n) is 5.50. The third-order valence-electron chi connectivity index (χ3n) is 3.51. The van der Waals surface area contributed by atoms with Crippen molar-refractivity contribution in [3.05, 3.63) is 47.5 Å². The van der Waals surface area contributed by atoms with Gasteiger partial charge in [0.2, 0.25) is 0 Å². The van der Waals surface area contributed by atoms with Gasteiger partial charge in [0, 0.05) is 12.5 Å². The van der Waals surface area contributed by atoms with Crippen molar-refractivity contribution in [2.45, 2.75) is 26.3 Å². The Kier molecular flexibility index (Phi) is 4.01. The lowest BCUT2D eigenvalue weighted by molar-refractivity contribution is -0.118. The van der Waals surface area contributed by atoms with Crippen LogP contribution in [0.3, 0.4) is 0 Å². The van der Waals surface area contributed by atoms with E-state index in [2.05, 4.69) is 48.2 Å². The first kappa shape index (κ1) is 13.8. The first-order valence-electron chi connectivity index (χ1n) is 6.63. The molecule has 0 aromatic heterocycles. The number of hydrogen-bond donors (Lipinski definition) is 0. The summed E-state index contributed by atoms with van der Waals surface area (Å²) < 4.78 is 0. The van der Waals surface area contributed by atoms with E-state index in [0.29, 0.717) is 6.42 Å². The van der Waals surface area contributed by atoms with Crippen LogP contribution in [-0.2, 0) is 4.79 Å². The molecule has 0 spiro atoms. The number of Topliss-reactive ketones (excluding diaryl/α,β-unsaturated/α-hetero) is 1. The highest BCUT2D eigenvalue weighted by Crippen LogP contribution is 2.26. The molecule has 2 aromatic carbocycles. The minimum Gasteiger partial charge on any atom is -0.302 e. The molecule has 2 rings (SSSR count). The van der Waals surface area contributed by atoms with Gasteiger partial charge in [-0.2, -0.15) is 0 Å². The molecule has 2 nitrogen and oxygen atoms in total. The maximum atomic E-state index is 11.4. The zero-order valence-electron chi connectivity index (χ0n) is 12.1. The monoisotopic (exact) mass is 255 g/mol. The zero-order valence-corrected chi connectivity index (χ0v) is 12.1. The van der Waals surface area contributed by atoms with Gasteiger partial charge in [0.25, 0.3) is 0 Å². The number of carbonyl (C=O) groups excluding carboxylic acids is 1. The SMILES string of the molecule is CC(=O)CC(c1ccc2cc(C)ccc2c1)N(C)C. The first-order valence-corrected chi connectivity index (χ1v) is 6.63. The van der Waals surface area contributed by atoms with Crippen molar-refractivity contribution in [2.75, 3.05) is 14.1 Å². The summed E-state index contributed by atoms with van der Waals surface area (Å²) in [6, 6.07) is 13.1. The fourth-order valence-electron chi connectivity index (χ4n) is 2.46. The van der Waals surface area contributed by atoms with Crippen LogP contribution in [0.15, 0.2) is 36.4 Å². The van der Waals surface area contributed by atoms with Crippen molar-refractivity contribution in [1.29, 1.82) is 0 Å². The van der Waals surface area contributed by atoms with Gasteiger partial charge in [-0.15, -0.1) is 0 Å². The molecule has 0 fully saturated rings. The molecule has 0 radical (unpaired) electrons. The third-order valence-corrected chi connectivity index (χ3v) is 3.51. The van der Waals surface area contributed by atoms with Gasteiger partial charge >= 0.3 is 0 Å². The summed E-state index contributed by atoms with van der Waals surface area (Å²) in [4.78, 5) is 13.5. The number of hydrogen-bond acceptors (Lipinski definition) is 2. The summed E-state index contributed by atoms with van der Waals surface area (Å²) in [6.07, 6.45) is 0.560. The van der Waals surface area contributed by atoms with E-state index in [1.54, 1.807) is 6.92 Å². The Bertz CT molecular complexity index is 601. The van der Waals surface area contributed by atoms with E-state index < -0.39 is 0 Å². The van der Waals surface area contributed by atoms with E-state index in [0.717, 1.165) is 0 Å². The highest BCUT2D eigenvalue weighted by atomic mass is 16.1. The molecule has 1 atom stereocenters. The molecule has 1 unspecified atom stereocenters. The molecule has 0 bridgehead atoms. The van der Waals surface area contributed by atoms with E-state index in [1.807, 2.05) is 14.1 Å². The minimum atomic E-state index is 0.156. The number of benzene rings is 2. The van der Waals surface area contributed by atoms with E-state index in [-0.39, 0.29) is 11.8 Å². The molecule has 0 saturated heterocycles. The predicted octanol–water partition coefficient (Wildman–Crippen LogP) is 3.73. The Morgan fingerprint density at radius 3 is 2.37 bits per heavy atom. The smallest absolute Gasteiger partial charge is 0.131 e. The highest BCUT2D eigenvalue weighted by molar-refractivity contribution is 5.84. The highest BCUT2D eigenvalue weighted by Gasteiger charge is 2.16. The van der Waals surface area contributed by atoms with Gasteiger partial charge in [0.1, 0.15) is 5.78 Å². The van der Waals surface area contributed by atoms with Crippen molar-refractivity contribution >= 4 is 16.6 Å². The molecule has 0 aliphatic carbocycles. The molecule has 100 valence electrons. The van der Waals surface area contributed by atoms with Crippen LogP contribution in [0.4, 0.5) is 0 Å². The first-order chi connectivity index (χ1) is 8.97. The lowest BCUT2D eigenvalue weighted by Crippen LogP contribution is -2.22. The van der Waals surface area contributed by atoms with Crippen molar-refractivity contribution < 1.29 is 4.79 Å². The Labute approximate surface area is 115 Å². The van der Waals surface area contributed by atoms with Crippen LogP contribution in [0, 0.1) is 6.92 Å². The summed E-state index contributed by atoms with van der Waals surface area (Å²) >= 11 is 0. The van der Waals surface area contributed by atoms with Gasteiger partial charge in [-0.05, 0) is 50.3 Å². The van der Waals surface area contributed by atoms with Crippen molar-refractivity contribution in [2.24, 2.45) is 0 Å². The standard InChI is InChI=1S/C17H21NO/c1-12-5-6-15-11-16(8-7-14(15)9-12)17(18(3)4)10-13(2)19/h5-9,11,17H,10H2,1-4H3. The molecular weight excluding hydrogens is 234 g/mol. The summed E-state index contributed by atoms with van der Waals surface area (Å²) in [6.45, 7) is 3.76. The number of nitrogens with zero attached hydrogens (tertiary/aromatic N) is 1. The number of ketones is 1. The predicted molar refractivity (Wildman–Crippen MR) is 80.4 cm³/mol. The fourth-order valence-corrected chi connectivity index (χ4v) is 2.46. The third kappa shape index (κ3) is 3.21. The minimum absolute atomic E-state index is 0.156. The Morgan fingerprint density at radius 2 is 1.74 bits per heavy atom. The molecule has 0 saturated carbocycles. The molecule has 2 aromatic rings. The van der Waals surface area contributed by atoms with Gasteiger partial charge in [-0.25, -0.2) is 0 Å². The number of aryl methyl sites for hydroxylation is 1. The maximum Gasteiger partial charge on any atom is 0.131 e. The molecular formula is C17H21NO. The van der Waals surface area contributed by atoms with Crippen LogP contribution in [0.5, 0.6) is 0 Å². The maximum absolute atomic E-state index is 11.4. The van der Waals surface area contributed by atoms with Crippen LogP contribution < -0.4 is 0 Å². The largest absolute Gasteiger partial charge is 0.302 e. The normalized spacial score (nSPS) is 12.9. The van der Waals surface area contributed by atoms with Crippen molar-refractivity contribution in [3.8, 4) is 0 Å². The van der Waals surface area contributed by atoms with Crippen LogP contribution in [0.2, 0.25) is 0 Å². The van der Waals surface area contributed by atoms with Gasteiger partial charge in [-0.3, -0.25) is 4.79 Å². The number of rotatable bonds is 4. The summed E-state index contributed by atoms with van der Waals surface area (Å²) in [7, 11) is 4.04. The summed E-state index contributed by atoms with van der Waals surface area (Å²) in [5, 5.41) is 2.49. The quantitative estimate of drug-likeness (QED) is 0.829. The van der Waals surface area contributed by atoms with Crippen LogP contribution in [-0.4, -0.2) is 24.8 Å². The average molecular weight is 255 g/mol. The van der Waals surface area contributed by atoms with Gasteiger partial charge in [0.15, 0.2) is 0 Å². The fraction of sp³-hybridized carbons (Fsp3) is 0.353.